The summed E-state index contributed by atoms with van der Waals surface area (Å²) in [5.74, 6) is 0. The standard InChI is InChI=1S/C12H30N2.3CH4.BrH.V/c1-7-14(8-2,9-3)12-10-11-13(4,5)6;;;;;/h7-12H2,1-6H3;3*1H4;1H;/q+2;;;;;/p-1. The SMILES string of the molecule is C.C.C.CC[N+](CC)(CC)CCC[N+](C)(C)C.[Br-].[V]. The van der Waals surface area contributed by atoms with Gasteiger partial charge in [-0.1, -0.05) is 22.3 Å². The fourth-order valence-corrected chi connectivity index (χ4v) is 2.03. The molecule has 0 unspecified atom stereocenters. The van der Waals surface area contributed by atoms with Crippen LogP contribution < -0.4 is 17.0 Å². The van der Waals surface area contributed by atoms with E-state index in [9.17, 15) is 0 Å². The minimum Gasteiger partial charge on any atom is -1.00 e. The number of hydrogen-bond donors (Lipinski definition) is 0. The molecule has 0 bridgehead atoms. The first kappa shape index (κ1) is 36.8. The van der Waals surface area contributed by atoms with Crippen LogP contribution in [0.4, 0.5) is 0 Å². The Balaban J connectivity index is -0.0000000845. The van der Waals surface area contributed by atoms with Gasteiger partial charge < -0.3 is 25.9 Å². The van der Waals surface area contributed by atoms with Crippen LogP contribution >= 0.6 is 0 Å². The van der Waals surface area contributed by atoms with Crippen LogP contribution in [0.15, 0.2) is 0 Å². The maximum absolute atomic E-state index is 2.32. The van der Waals surface area contributed by atoms with Crippen LogP contribution in [0.3, 0.4) is 0 Å². The number of hydrogen-bond acceptors (Lipinski definition) is 0. The van der Waals surface area contributed by atoms with E-state index in [1.54, 1.807) is 0 Å². The zero-order valence-corrected chi connectivity index (χ0v) is 14.9. The Labute approximate surface area is 147 Å². The van der Waals surface area contributed by atoms with Crippen LogP contribution in [0.5, 0.6) is 0 Å². The minimum atomic E-state index is 0. The molecule has 19 heavy (non-hydrogen) atoms. The Morgan fingerprint density at radius 1 is 0.684 bits per heavy atom. The van der Waals surface area contributed by atoms with E-state index >= 15 is 0 Å². The van der Waals surface area contributed by atoms with E-state index in [0.717, 1.165) is 4.48 Å². The molecule has 0 aromatic rings. The van der Waals surface area contributed by atoms with Crippen LogP contribution in [0, 0.1) is 0 Å². The smallest absolute Gasteiger partial charge is 0.0840 e. The molecule has 1 radical (unpaired) electrons. The van der Waals surface area contributed by atoms with Crippen molar-refractivity contribution in [3.05, 3.63) is 0 Å². The molecule has 0 fully saturated rings. The molecule has 0 heterocycles. The summed E-state index contributed by atoms with van der Waals surface area (Å²) in [5, 5.41) is 0. The third-order valence-corrected chi connectivity index (χ3v) is 3.47. The second kappa shape index (κ2) is 17.0. The molecular weight excluding hydrogens is 339 g/mol. The Morgan fingerprint density at radius 3 is 1.21 bits per heavy atom. The average Bonchev–Trinajstić information content (AvgIpc) is 2.11. The van der Waals surface area contributed by atoms with Crippen molar-refractivity contribution in [3.63, 3.8) is 0 Å². The quantitative estimate of drug-likeness (QED) is 0.575. The van der Waals surface area contributed by atoms with Gasteiger partial charge in [-0.2, -0.15) is 0 Å². The van der Waals surface area contributed by atoms with Gasteiger partial charge >= 0.3 is 0 Å². The van der Waals surface area contributed by atoms with Gasteiger partial charge in [0.15, 0.2) is 0 Å². The second-order valence-electron chi connectivity index (χ2n) is 5.38. The van der Waals surface area contributed by atoms with Gasteiger partial charge in [-0.3, -0.25) is 0 Å². The molecule has 0 aromatic carbocycles. The fourth-order valence-electron chi connectivity index (χ4n) is 2.03. The molecule has 0 aromatic heterocycles. The van der Waals surface area contributed by atoms with E-state index in [-0.39, 0.29) is 57.8 Å². The molecule has 0 aliphatic heterocycles. The summed E-state index contributed by atoms with van der Waals surface area (Å²) in [6, 6.07) is 0. The summed E-state index contributed by atoms with van der Waals surface area (Å²) in [4.78, 5) is 0. The molecular formula is C15H42BrN2V+. The van der Waals surface area contributed by atoms with Crippen molar-refractivity contribution in [2.75, 3.05) is 53.9 Å². The van der Waals surface area contributed by atoms with E-state index in [0.29, 0.717) is 0 Å². The third-order valence-electron chi connectivity index (χ3n) is 3.47. The van der Waals surface area contributed by atoms with Gasteiger partial charge in [0.05, 0.1) is 53.9 Å². The third kappa shape index (κ3) is 16.9. The summed E-state index contributed by atoms with van der Waals surface area (Å²) in [6.45, 7) is 13.4. The van der Waals surface area contributed by atoms with Crippen molar-refractivity contribution in [3.8, 4) is 0 Å². The second-order valence-corrected chi connectivity index (χ2v) is 5.38. The Bertz CT molecular complexity index is 146. The summed E-state index contributed by atoms with van der Waals surface area (Å²) in [5.41, 5.74) is 0. The molecule has 0 spiro atoms. The van der Waals surface area contributed by atoms with Crippen LogP contribution in [-0.4, -0.2) is 62.8 Å². The Hall–Kier alpha value is 0.984. The predicted octanol–water partition coefficient (Wildman–Crippen LogP) is 0.869. The van der Waals surface area contributed by atoms with Crippen LogP contribution in [0.2, 0.25) is 0 Å². The molecule has 0 saturated carbocycles. The molecule has 123 valence electrons. The summed E-state index contributed by atoms with van der Waals surface area (Å²) >= 11 is 0. The summed E-state index contributed by atoms with van der Waals surface area (Å²) in [6.07, 6.45) is 1.35. The number of rotatable bonds is 7. The van der Waals surface area contributed by atoms with Crippen molar-refractivity contribution in [2.24, 2.45) is 0 Å². The van der Waals surface area contributed by atoms with E-state index in [2.05, 4.69) is 41.9 Å². The Kier molecular flexibility index (Phi) is 33.0. The zero-order chi connectivity index (χ0) is 11.2. The van der Waals surface area contributed by atoms with Gasteiger partial charge in [-0.15, -0.1) is 0 Å². The predicted molar refractivity (Wildman–Crippen MR) is 84.5 cm³/mol. The van der Waals surface area contributed by atoms with Gasteiger partial charge in [0.2, 0.25) is 0 Å². The van der Waals surface area contributed by atoms with Crippen molar-refractivity contribution >= 4 is 0 Å². The molecule has 4 heteroatoms. The molecule has 0 aliphatic carbocycles. The van der Waals surface area contributed by atoms with Gasteiger partial charge in [-0.25, -0.2) is 0 Å². The molecule has 0 saturated heterocycles. The molecule has 0 aliphatic rings. The topological polar surface area (TPSA) is 0 Å². The first-order valence-electron chi connectivity index (χ1n) is 6.04. The van der Waals surface area contributed by atoms with Crippen LogP contribution in [0.1, 0.15) is 49.5 Å². The minimum absolute atomic E-state index is 0. The Morgan fingerprint density at radius 2 is 1.00 bits per heavy atom. The van der Waals surface area contributed by atoms with E-state index in [4.69, 9.17) is 0 Å². The van der Waals surface area contributed by atoms with Gasteiger partial charge in [0.25, 0.3) is 0 Å². The van der Waals surface area contributed by atoms with E-state index in [1.807, 2.05) is 0 Å². The largest absolute Gasteiger partial charge is 1.00 e. The van der Waals surface area contributed by atoms with Crippen molar-refractivity contribution in [1.29, 1.82) is 0 Å². The maximum Gasteiger partial charge on any atom is 0.0840 e. The van der Waals surface area contributed by atoms with Crippen molar-refractivity contribution < 1.29 is 44.5 Å². The number of halogens is 1. The monoisotopic (exact) mass is 380 g/mol. The molecule has 0 N–H and O–H groups in total. The van der Waals surface area contributed by atoms with Gasteiger partial charge in [0, 0.05) is 25.0 Å². The molecule has 2 nitrogen and oxygen atoms in total. The normalized spacial score (nSPS) is 9.79. The average molecular weight is 381 g/mol. The fraction of sp³-hybridized carbons (Fsp3) is 1.00. The maximum atomic E-state index is 2.32. The van der Waals surface area contributed by atoms with Gasteiger partial charge in [0.1, 0.15) is 0 Å². The molecule has 0 atom stereocenters. The first-order valence-corrected chi connectivity index (χ1v) is 6.04. The van der Waals surface area contributed by atoms with E-state index in [1.165, 1.54) is 43.6 Å². The van der Waals surface area contributed by atoms with Crippen LogP contribution in [-0.2, 0) is 18.6 Å². The van der Waals surface area contributed by atoms with Crippen LogP contribution in [0.25, 0.3) is 0 Å². The first-order chi connectivity index (χ1) is 6.39. The summed E-state index contributed by atoms with van der Waals surface area (Å²) in [7, 11) is 6.83. The zero-order valence-electron chi connectivity index (χ0n) is 12.0. The number of quaternary nitrogens is 2. The number of nitrogens with zero attached hydrogens (tertiary/aromatic N) is 2. The summed E-state index contributed by atoms with van der Waals surface area (Å²) < 4.78 is 2.39. The molecule has 0 amide bonds. The van der Waals surface area contributed by atoms with E-state index < -0.39 is 0 Å². The molecule has 0 rings (SSSR count). The van der Waals surface area contributed by atoms with Crippen molar-refractivity contribution in [1.82, 2.24) is 0 Å². The van der Waals surface area contributed by atoms with Gasteiger partial charge in [-0.05, 0) is 20.8 Å². The van der Waals surface area contributed by atoms with Crippen molar-refractivity contribution in [2.45, 2.75) is 49.5 Å².